The van der Waals surface area contributed by atoms with Gasteiger partial charge in [0.05, 0.1) is 18.3 Å². The van der Waals surface area contributed by atoms with Crippen molar-refractivity contribution in [3.05, 3.63) is 42.6 Å². The van der Waals surface area contributed by atoms with E-state index >= 15 is 0 Å². The van der Waals surface area contributed by atoms with Crippen LogP contribution in [0.15, 0.2) is 41.3 Å². The molecule has 0 bridgehead atoms. The first-order valence-corrected chi connectivity index (χ1v) is 9.66. The molecule has 2 aromatic rings. The van der Waals surface area contributed by atoms with Gasteiger partial charge in [0.1, 0.15) is 0 Å². The number of fused-ring (bicyclic) bond motifs is 1. The van der Waals surface area contributed by atoms with Crippen LogP contribution in [0, 0.1) is 11.3 Å². The number of hydrogen-bond acceptors (Lipinski definition) is 7. The van der Waals surface area contributed by atoms with Crippen LogP contribution in [0.25, 0.3) is 0 Å². The lowest BCUT2D eigenvalue weighted by atomic mass is 9.75. The van der Waals surface area contributed by atoms with Crippen molar-refractivity contribution in [2.24, 2.45) is 11.3 Å². The van der Waals surface area contributed by atoms with E-state index in [-0.39, 0.29) is 17.8 Å². The molecule has 1 amide bonds. The van der Waals surface area contributed by atoms with Gasteiger partial charge < -0.3 is 19.0 Å². The van der Waals surface area contributed by atoms with Crippen LogP contribution in [0.1, 0.15) is 30.3 Å². The predicted molar refractivity (Wildman–Crippen MR) is 101 cm³/mol. The molecular weight excluding hydrogens is 360 g/mol. The van der Waals surface area contributed by atoms with Crippen LogP contribution < -0.4 is 4.90 Å². The van der Waals surface area contributed by atoms with Crippen molar-refractivity contribution in [2.75, 3.05) is 37.7 Å². The lowest BCUT2D eigenvalue weighted by molar-refractivity contribution is -0.157. The molecule has 2 atom stereocenters. The monoisotopic (exact) mass is 384 g/mol. The topological polar surface area (TPSA) is 88.8 Å². The number of esters is 1. The summed E-state index contributed by atoms with van der Waals surface area (Å²) in [7, 11) is 0. The van der Waals surface area contributed by atoms with Gasteiger partial charge in [-0.15, -0.1) is 0 Å². The fraction of sp³-hybridized carbons (Fsp3) is 0.500. The zero-order valence-corrected chi connectivity index (χ0v) is 15.9. The van der Waals surface area contributed by atoms with Crippen LogP contribution in [0.5, 0.6) is 0 Å². The normalized spacial score (nSPS) is 24.5. The van der Waals surface area contributed by atoms with E-state index in [0.29, 0.717) is 50.9 Å². The summed E-state index contributed by atoms with van der Waals surface area (Å²) < 4.78 is 10.8. The first-order chi connectivity index (χ1) is 13.6. The summed E-state index contributed by atoms with van der Waals surface area (Å²) >= 11 is 0. The molecule has 8 nitrogen and oxygen atoms in total. The van der Waals surface area contributed by atoms with Crippen molar-refractivity contribution in [3.8, 4) is 0 Å². The number of amides is 1. The maximum Gasteiger partial charge on any atom is 0.314 e. The smallest absolute Gasteiger partial charge is 0.314 e. The third kappa shape index (κ3) is 3.23. The molecule has 0 radical (unpaired) electrons. The Morgan fingerprint density at radius 2 is 2.11 bits per heavy atom. The van der Waals surface area contributed by atoms with Crippen LogP contribution in [-0.4, -0.2) is 59.5 Å². The first-order valence-electron chi connectivity index (χ1n) is 9.66. The van der Waals surface area contributed by atoms with E-state index < -0.39 is 5.41 Å². The molecule has 0 N–H and O–H groups in total. The van der Waals surface area contributed by atoms with Crippen LogP contribution >= 0.6 is 0 Å². The summed E-state index contributed by atoms with van der Waals surface area (Å²) in [5.41, 5.74) is -0.659. The second kappa shape index (κ2) is 7.61. The highest BCUT2D eigenvalue weighted by Crippen LogP contribution is 2.44. The van der Waals surface area contributed by atoms with Gasteiger partial charge >= 0.3 is 5.97 Å². The fourth-order valence-corrected chi connectivity index (χ4v) is 4.39. The molecule has 0 unspecified atom stereocenters. The van der Waals surface area contributed by atoms with E-state index in [1.807, 2.05) is 11.8 Å². The molecule has 28 heavy (non-hydrogen) atoms. The van der Waals surface area contributed by atoms with Crippen molar-refractivity contribution < 1.29 is 18.7 Å². The Hall–Kier alpha value is -2.90. The van der Waals surface area contributed by atoms with Gasteiger partial charge in [0, 0.05) is 44.5 Å². The number of carbonyl (C=O) groups is 2. The van der Waals surface area contributed by atoms with Gasteiger partial charge in [-0.2, -0.15) is 0 Å². The summed E-state index contributed by atoms with van der Waals surface area (Å²) in [6, 6.07) is 5.14. The van der Waals surface area contributed by atoms with Gasteiger partial charge in [-0.05, 0) is 38.0 Å². The lowest BCUT2D eigenvalue weighted by Crippen LogP contribution is -2.43. The molecule has 2 fully saturated rings. The minimum absolute atomic E-state index is 0.0585. The number of anilines is 1. The zero-order valence-electron chi connectivity index (χ0n) is 15.9. The summed E-state index contributed by atoms with van der Waals surface area (Å²) in [4.78, 5) is 38.4. The average Bonchev–Trinajstić information content (AvgIpc) is 3.34. The van der Waals surface area contributed by atoms with Gasteiger partial charge in [-0.3, -0.25) is 9.59 Å². The molecule has 2 aliphatic heterocycles. The third-order valence-corrected chi connectivity index (χ3v) is 5.72. The summed E-state index contributed by atoms with van der Waals surface area (Å²) in [5, 5.41) is 0. The van der Waals surface area contributed by atoms with Crippen molar-refractivity contribution in [1.82, 2.24) is 14.9 Å². The summed E-state index contributed by atoms with van der Waals surface area (Å²) in [5.74, 6) is 0.537. The highest BCUT2D eigenvalue weighted by atomic mass is 16.5. The molecule has 0 saturated carbocycles. The highest BCUT2D eigenvalue weighted by Gasteiger charge is 2.55. The number of furan rings is 1. The van der Waals surface area contributed by atoms with Crippen LogP contribution in [0.4, 0.5) is 5.95 Å². The number of nitrogens with zero attached hydrogens (tertiary/aromatic N) is 4. The molecule has 0 spiro atoms. The Labute approximate surface area is 163 Å². The Balaban J connectivity index is 1.62. The van der Waals surface area contributed by atoms with Crippen molar-refractivity contribution >= 4 is 17.8 Å². The van der Waals surface area contributed by atoms with Crippen LogP contribution in [0.3, 0.4) is 0 Å². The van der Waals surface area contributed by atoms with Crippen LogP contribution in [0.2, 0.25) is 0 Å². The van der Waals surface area contributed by atoms with E-state index in [1.54, 1.807) is 35.5 Å². The number of rotatable bonds is 4. The molecule has 0 aromatic carbocycles. The van der Waals surface area contributed by atoms with E-state index in [9.17, 15) is 9.59 Å². The van der Waals surface area contributed by atoms with E-state index in [2.05, 4.69) is 9.97 Å². The number of carbonyl (C=O) groups excluding carboxylic acids is 2. The zero-order chi connectivity index (χ0) is 19.6. The van der Waals surface area contributed by atoms with Crippen LogP contribution in [-0.2, 0) is 9.53 Å². The molecule has 0 aliphatic carbocycles. The van der Waals surface area contributed by atoms with E-state index in [4.69, 9.17) is 9.15 Å². The van der Waals surface area contributed by atoms with Gasteiger partial charge in [0.15, 0.2) is 5.76 Å². The maximum absolute atomic E-state index is 13.0. The fourth-order valence-electron chi connectivity index (χ4n) is 4.39. The van der Waals surface area contributed by atoms with Crippen molar-refractivity contribution in [2.45, 2.75) is 19.8 Å². The molecule has 2 aliphatic rings. The molecule has 2 saturated heterocycles. The second-order valence-electron chi connectivity index (χ2n) is 7.33. The van der Waals surface area contributed by atoms with E-state index in [0.717, 1.165) is 6.42 Å². The van der Waals surface area contributed by atoms with Crippen molar-refractivity contribution in [1.29, 1.82) is 0 Å². The Kier molecular flexibility index (Phi) is 5.02. The van der Waals surface area contributed by atoms with E-state index in [1.165, 1.54) is 6.26 Å². The molecular formula is C20H24N4O4. The highest BCUT2D eigenvalue weighted by molar-refractivity contribution is 5.91. The Morgan fingerprint density at radius 1 is 1.29 bits per heavy atom. The molecule has 148 valence electrons. The number of likely N-dealkylation sites (tertiary alicyclic amines) is 1. The minimum atomic E-state index is -0.659. The number of hydrogen-bond donors (Lipinski definition) is 0. The SMILES string of the molecule is CCOC(=O)[C@]12CCCN(C(=O)c3ccco3)C[C@H]1CN(c1ncccn1)C2. The average molecular weight is 384 g/mol. The second-order valence-corrected chi connectivity index (χ2v) is 7.33. The molecule has 4 rings (SSSR count). The Bertz CT molecular complexity index is 826. The van der Waals surface area contributed by atoms with Crippen molar-refractivity contribution in [3.63, 3.8) is 0 Å². The van der Waals surface area contributed by atoms with Gasteiger partial charge in [0.2, 0.25) is 5.95 Å². The quantitative estimate of drug-likeness (QED) is 0.745. The predicted octanol–water partition coefficient (Wildman–Crippen LogP) is 1.99. The Morgan fingerprint density at radius 3 is 2.82 bits per heavy atom. The van der Waals surface area contributed by atoms with Gasteiger partial charge in [-0.25, -0.2) is 9.97 Å². The minimum Gasteiger partial charge on any atom is -0.466 e. The number of ether oxygens (including phenoxy) is 1. The molecule has 8 heteroatoms. The standard InChI is InChI=1S/C20H24N4O4/c1-2-27-18(26)20-7-4-10-23(17(25)16-6-3-11-28-16)12-15(20)13-24(14-20)19-21-8-5-9-22-19/h3,5-6,8-9,11,15H,2,4,7,10,12-14H2,1H3/t15-,20-/m0/s1. The maximum atomic E-state index is 13.0. The first kappa shape index (κ1) is 18.5. The lowest BCUT2D eigenvalue weighted by Gasteiger charge is -2.31. The molecule has 4 heterocycles. The summed E-state index contributed by atoms with van der Waals surface area (Å²) in [6.07, 6.45) is 6.28. The largest absolute Gasteiger partial charge is 0.466 e. The third-order valence-electron chi connectivity index (χ3n) is 5.72. The number of aromatic nitrogens is 2. The summed E-state index contributed by atoms with van der Waals surface area (Å²) in [6.45, 7) is 4.33. The van der Waals surface area contributed by atoms with Gasteiger partial charge in [0.25, 0.3) is 5.91 Å². The molecule has 2 aromatic heterocycles. The van der Waals surface area contributed by atoms with Gasteiger partial charge in [-0.1, -0.05) is 0 Å².